The lowest BCUT2D eigenvalue weighted by molar-refractivity contribution is 0.125. The first-order valence-corrected chi connectivity index (χ1v) is 12.2. The van der Waals surface area contributed by atoms with Crippen molar-refractivity contribution in [3.8, 4) is 5.75 Å². The van der Waals surface area contributed by atoms with Gasteiger partial charge in [-0.3, -0.25) is 0 Å². The van der Waals surface area contributed by atoms with Crippen LogP contribution in [0.15, 0.2) is 36.4 Å². The monoisotopic (exact) mass is 364 g/mol. The summed E-state index contributed by atoms with van der Waals surface area (Å²) in [6.45, 7) is 15.0. The molecule has 0 radical (unpaired) electrons. The van der Waals surface area contributed by atoms with Crippen LogP contribution in [0, 0.1) is 0 Å². The Morgan fingerprint density at radius 3 is 2.28 bits per heavy atom. The first-order chi connectivity index (χ1) is 11.7. The van der Waals surface area contributed by atoms with Crippen molar-refractivity contribution in [2.45, 2.75) is 71.4 Å². The summed E-state index contributed by atoms with van der Waals surface area (Å²) in [7, 11) is -0.0323. The first-order valence-electron chi connectivity index (χ1n) is 9.24. The summed E-state index contributed by atoms with van der Waals surface area (Å²) in [5, 5.41) is 0.246. The molecule has 1 rings (SSSR count). The maximum absolute atomic E-state index is 6.45. The van der Waals surface area contributed by atoms with Gasteiger partial charge in [-0.1, -0.05) is 52.0 Å². The molecular formula is C21H36O3Si. The summed E-state index contributed by atoms with van der Waals surface area (Å²) < 4.78 is 17.3. The predicted molar refractivity (Wildman–Crippen MR) is 109 cm³/mol. The van der Waals surface area contributed by atoms with Gasteiger partial charge in [0.2, 0.25) is 0 Å². The van der Waals surface area contributed by atoms with Gasteiger partial charge in [-0.05, 0) is 48.7 Å². The highest BCUT2D eigenvalue weighted by atomic mass is 28.4. The second kappa shape index (κ2) is 10.1. The van der Waals surface area contributed by atoms with Crippen LogP contribution < -0.4 is 4.74 Å². The minimum Gasteiger partial charge on any atom is -0.497 e. The molecule has 0 saturated heterocycles. The minimum atomic E-state index is -1.71. The van der Waals surface area contributed by atoms with E-state index in [-0.39, 0.29) is 11.1 Å². The van der Waals surface area contributed by atoms with Gasteiger partial charge in [0.1, 0.15) is 5.75 Å². The van der Waals surface area contributed by atoms with E-state index in [0.717, 1.165) is 30.8 Å². The van der Waals surface area contributed by atoms with Crippen LogP contribution >= 0.6 is 0 Å². The third-order valence-electron chi connectivity index (χ3n) is 4.86. The molecule has 1 atom stereocenters. The molecule has 0 N–H and O–H groups in total. The van der Waals surface area contributed by atoms with E-state index in [9.17, 15) is 0 Å². The molecule has 0 aliphatic heterocycles. The molecule has 0 spiro atoms. The van der Waals surface area contributed by atoms with Crippen LogP contribution in [-0.4, -0.2) is 28.1 Å². The Kier molecular flexibility index (Phi) is 8.90. The summed E-state index contributed by atoms with van der Waals surface area (Å²) in [6.07, 6.45) is 6.53. The molecule has 0 unspecified atom stereocenters. The zero-order chi connectivity index (χ0) is 18.9. The smallest absolute Gasteiger partial charge is 0.192 e. The lowest BCUT2D eigenvalue weighted by Crippen LogP contribution is -2.43. The van der Waals surface area contributed by atoms with Crippen molar-refractivity contribution in [3.05, 3.63) is 42.0 Å². The van der Waals surface area contributed by atoms with Crippen LogP contribution in [0.4, 0.5) is 0 Å². The van der Waals surface area contributed by atoms with E-state index in [1.165, 1.54) is 0 Å². The van der Waals surface area contributed by atoms with Crippen LogP contribution in [-0.2, 0) is 15.8 Å². The predicted octanol–water partition coefficient (Wildman–Crippen LogP) is 5.96. The molecule has 1 aromatic rings. The molecule has 0 bridgehead atoms. The zero-order valence-corrected chi connectivity index (χ0v) is 18.1. The molecule has 142 valence electrons. The van der Waals surface area contributed by atoms with Crippen molar-refractivity contribution < 1.29 is 13.9 Å². The Bertz CT molecular complexity index is 515. The van der Waals surface area contributed by atoms with Gasteiger partial charge in [0.05, 0.1) is 26.4 Å². The second-order valence-electron chi connectivity index (χ2n) is 7.94. The Labute approximate surface area is 155 Å². The van der Waals surface area contributed by atoms with Crippen LogP contribution in [0.2, 0.25) is 18.1 Å². The molecule has 1 aromatic carbocycles. The topological polar surface area (TPSA) is 27.7 Å². The highest BCUT2D eigenvalue weighted by Crippen LogP contribution is 2.37. The highest BCUT2D eigenvalue weighted by Gasteiger charge is 2.38. The normalized spacial score (nSPS) is 14.0. The molecule has 0 saturated carbocycles. The van der Waals surface area contributed by atoms with Crippen LogP contribution in [0.3, 0.4) is 0 Å². The van der Waals surface area contributed by atoms with Crippen molar-refractivity contribution in [1.29, 1.82) is 0 Å². The minimum absolute atomic E-state index is 0.211. The molecular weight excluding hydrogens is 328 g/mol. The Hall–Kier alpha value is -1.10. The first kappa shape index (κ1) is 21.9. The lowest BCUT2D eigenvalue weighted by Gasteiger charge is -2.38. The molecule has 0 aromatic heterocycles. The van der Waals surface area contributed by atoms with Gasteiger partial charge in [-0.25, -0.2) is 0 Å². The van der Waals surface area contributed by atoms with E-state index in [1.54, 1.807) is 7.11 Å². The molecule has 0 aliphatic rings. The Morgan fingerprint density at radius 1 is 1.12 bits per heavy atom. The molecule has 25 heavy (non-hydrogen) atoms. The number of ether oxygens (including phenoxy) is 2. The lowest BCUT2D eigenvalue weighted by atomic mass is 10.2. The van der Waals surface area contributed by atoms with Crippen LogP contribution in [0.5, 0.6) is 5.75 Å². The van der Waals surface area contributed by atoms with Crippen LogP contribution in [0.1, 0.15) is 46.1 Å². The fourth-order valence-corrected chi connectivity index (χ4v) is 3.48. The Balaban J connectivity index is 2.33. The number of benzene rings is 1. The summed E-state index contributed by atoms with van der Waals surface area (Å²) in [4.78, 5) is 0. The summed E-state index contributed by atoms with van der Waals surface area (Å²) in [6, 6.07) is 7.99. The average Bonchev–Trinajstić information content (AvgIpc) is 2.56. The highest BCUT2D eigenvalue weighted by molar-refractivity contribution is 6.74. The summed E-state index contributed by atoms with van der Waals surface area (Å²) >= 11 is 0. The van der Waals surface area contributed by atoms with Gasteiger partial charge in [0.25, 0.3) is 0 Å². The fourth-order valence-electron chi connectivity index (χ4n) is 2.13. The molecule has 3 nitrogen and oxygen atoms in total. The van der Waals surface area contributed by atoms with Gasteiger partial charge >= 0.3 is 0 Å². The Morgan fingerprint density at radius 2 is 1.76 bits per heavy atom. The van der Waals surface area contributed by atoms with E-state index in [2.05, 4.69) is 52.9 Å². The van der Waals surface area contributed by atoms with E-state index in [1.807, 2.05) is 24.3 Å². The fraction of sp³-hybridized carbons (Fsp3) is 0.619. The quantitative estimate of drug-likeness (QED) is 0.291. The number of hydrogen-bond acceptors (Lipinski definition) is 3. The van der Waals surface area contributed by atoms with Gasteiger partial charge in [-0.2, -0.15) is 0 Å². The van der Waals surface area contributed by atoms with Crippen molar-refractivity contribution in [2.75, 3.05) is 13.7 Å². The van der Waals surface area contributed by atoms with E-state index in [0.29, 0.717) is 6.61 Å². The second-order valence-corrected chi connectivity index (χ2v) is 12.7. The van der Waals surface area contributed by atoms with Gasteiger partial charge in [0, 0.05) is 0 Å². The van der Waals surface area contributed by atoms with Crippen molar-refractivity contribution >= 4 is 8.32 Å². The van der Waals surface area contributed by atoms with Gasteiger partial charge in [0.15, 0.2) is 8.32 Å². The third kappa shape index (κ3) is 7.76. The number of hydrogen-bond donors (Lipinski definition) is 0. The zero-order valence-electron chi connectivity index (χ0n) is 17.1. The molecule has 0 amide bonds. The maximum Gasteiger partial charge on any atom is 0.192 e. The maximum atomic E-state index is 6.45. The largest absolute Gasteiger partial charge is 0.497 e. The molecule has 0 aliphatic carbocycles. The SMILES string of the molecule is CC[C@@H](C=CCCOCc1ccc(OC)cc1)O[Si](C)(C)C(C)(C)C. The van der Waals surface area contributed by atoms with Crippen molar-refractivity contribution in [3.63, 3.8) is 0 Å². The van der Waals surface area contributed by atoms with Crippen molar-refractivity contribution in [1.82, 2.24) is 0 Å². The average molecular weight is 365 g/mol. The summed E-state index contributed by atoms with van der Waals surface area (Å²) in [5.74, 6) is 0.874. The molecule has 0 heterocycles. The third-order valence-corrected chi connectivity index (χ3v) is 9.37. The van der Waals surface area contributed by atoms with Gasteiger partial charge < -0.3 is 13.9 Å². The van der Waals surface area contributed by atoms with E-state index in [4.69, 9.17) is 13.9 Å². The molecule has 4 heteroatoms. The summed E-state index contributed by atoms with van der Waals surface area (Å²) in [5.41, 5.74) is 1.16. The molecule has 0 fully saturated rings. The number of rotatable bonds is 10. The standard InChI is InChI=1S/C21H36O3Si/c1-8-19(24-25(6,7)21(2,3)4)11-9-10-16-23-17-18-12-14-20(22-5)15-13-18/h9,11-15,19H,8,10,16-17H2,1-7H3/t19-/m0/s1. The van der Waals surface area contributed by atoms with E-state index < -0.39 is 8.32 Å². The van der Waals surface area contributed by atoms with Crippen molar-refractivity contribution in [2.24, 2.45) is 0 Å². The number of methoxy groups -OCH3 is 1. The van der Waals surface area contributed by atoms with E-state index >= 15 is 0 Å². The van der Waals surface area contributed by atoms with Crippen LogP contribution in [0.25, 0.3) is 0 Å². The van der Waals surface area contributed by atoms with Gasteiger partial charge in [-0.15, -0.1) is 0 Å².